The predicted octanol–water partition coefficient (Wildman–Crippen LogP) is 2.87. The third kappa shape index (κ3) is 3.23. The van der Waals surface area contributed by atoms with Gasteiger partial charge in [-0.25, -0.2) is 0 Å². The van der Waals surface area contributed by atoms with Crippen molar-refractivity contribution in [1.82, 2.24) is 15.3 Å². The molecule has 2 N–H and O–H groups in total. The third-order valence-electron chi connectivity index (χ3n) is 4.80. The molecule has 0 radical (unpaired) electrons. The van der Waals surface area contributed by atoms with Crippen molar-refractivity contribution >= 4 is 16.9 Å². The summed E-state index contributed by atoms with van der Waals surface area (Å²) >= 11 is 0. The third-order valence-corrected chi connectivity index (χ3v) is 4.80. The number of nitrogens with zero attached hydrogens (tertiary/aromatic N) is 2. The van der Waals surface area contributed by atoms with Crippen LogP contribution in [-0.2, 0) is 0 Å². The Morgan fingerprint density at radius 3 is 2.48 bits per heavy atom. The molecule has 0 unspecified atom stereocenters. The predicted molar refractivity (Wildman–Crippen MR) is 94.9 cm³/mol. The largest absolute Gasteiger partial charge is 0.393 e. The fourth-order valence-corrected chi connectivity index (χ4v) is 3.36. The van der Waals surface area contributed by atoms with E-state index in [0.717, 1.165) is 11.1 Å². The first-order chi connectivity index (χ1) is 12.2. The van der Waals surface area contributed by atoms with Crippen LogP contribution in [0.2, 0.25) is 0 Å². The molecule has 1 fully saturated rings. The van der Waals surface area contributed by atoms with E-state index in [1.807, 2.05) is 36.4 Å². The second kappa shape index (κ2) is 6.61. The molecule has 5 heteroatoms. The number of hydrogen-bond donors (Lipinski definition) is 2. The van der Waals surface area contributed by atoms with Gasteiger partial charge in [-0.15, -0.1) is 0 Å². The minimum absolute atomic E-state index is 0.102. The van der Waals surface area contributed by atoms with Crippen molar-refractivity contribution in [3.05, 3.63) is 72.1 Å². The number of aliphatic hydroxyl groups is 1. The number of aromatic nitrogens is 2. The van der Waals surface area contributed by atoms with E-state index >= 15 is 0 Å². The summed E-state index contributed by atoms with van der Waals surface area (Å²) in [6.45, 7) is 0. The van der Waals surface area contributed by atoms with Crippen molar-refractivity contribution in [3.63, 3.8) is 0 Å². The Balaban J connectivity index is 1.59. The Hall–Kier alpha value is -2.79. The monoisotopic (exact) mass is 333 g/mol. The molecule has 0 bridgehead atoms. The molecule has 1 amide bonds. The highest BCUT2D eigenvalue weighted by Gasteiger charge is 2.35. The average Bonchev–Trinajstić information content (AvgIpc) is 2.64. The summed E-state index contributed by atoms with van der Waals surface area (Å²) in [6, 6.07) is 15.2. The highest BCUT2D eigenvalue weighted by atomic mass is 16.3. The van der Waals surface area contributed by atoms with E-state index < -0.39 is 0 Å². The van der Waals surface area contributed by atoms with Crippen molar-refractivity contribution < 1.29 is 9.90 Å². The molecule has 1 heterocycles. The van der Waals surface area contributed by atoms with E-state index in [-0.39, 0.29) is 24.0 Å². The molecule has 0 aliphatic heterocycles. The van der Waals surface area contributed by atoms with E-state index in [2.05, 4.69) is 15.3 Å². The topological polar surface area (TPSA) is 75.1 Å². The molecular weight excluding hydrogens is 314 g/mol. The second-order valence-corrected chi connectivity index (χ2v) is 6.51. The van der Waals surface area contributed by atoms with Crippen molar-refractivity contribution in [1.29, 1.82) is 0 Å². The van der Waals surface area contributed by atoms with Gasteiger partial charge in [-0.3, -0.25) is 14.8 Å². The van der Waals surface area contributed by atoms with Gasteiger partial charge in [0.05, 0.1) is 23.2 Å². The number of nitrogens with one attached hydrogen (secondary N) is 1. The SMILES string of the molecule is O=C(N[C@@H](c1ccccc1)C1CC(O)C1)c1ccc2nccnc2c1. The lowest BCUT2D eigenvalue weighted by atomic mass is 9.75. The van der Waals surface area contributed by atoms with E-state index in [9.17, 15) is 9.90 Å². The standard InChI is InChI=1S/C20H19N3O2/c24-16-10-15(11-16)19(13-4-2-1-3-5-13)23-20(25)14-6-7-17-18(12-14)22-9-8-21-17/h1-9,12,15-16,19,24H,10-11H2,(H,23,25)/t15?,16?,19-/m0/s1. The highest BCUT2D eigenvalue weighted by molar-refractivity contribution is 5.97. The van der Waals surface area contributed by atoms with Gasteiger partial charge in [0.15, 0.2) is 0 Å². The fraction of sp³-hybridized carbons (Fsp3) is 0.250. The van der Waals surface area contributed by atoms with Gasteiger partial charge in [0.25, 0.3) is 5.91 Å². The van der Waals surface area contributed by atoms with Crippen LogP contribution < -0.4 is 5.32 Å². The van der Waals surface area contributed by atoms with Crippen LogP contribution in [-0.4, -0.2) is 27.1 Å². The maximum Gasteiger partial charge on any atom is 0.251 e. The number of fused-ring (bicyclic) bond motifs is 1. The van der Waals surface area contributed by atoms with Gasteiger partial charge in [0.1, 0.15) is 0 Å². The molecule has 5 nitrogen and oxygen atoms in total. The summed E-state index contributed by atoms with van der Waals surface area (Å²) < 4.78 is 0. The highest BCUT2D eigenvalue weighted by Crippen LogP contribution is 2.38. The molecule has 126 valence electrons. The first kappa shape index (κ1) is 15.7. The maximum absolute atomic E-state index is 12.8. The van der Waals surface area contributed by atoms with Crippen LogP contribution >= 0.6 is 0 Å². The molecule has 3 aromatic rings. The molecule has 1 saturated carbocycles. The summed E-state index contributed by atoms with van der Waals surface area (Å²) in [4.78, 5) is 21.3. The van der Waals surface area contributed by atoms with Crippen molar-refractivity contribution in [3.8, 4) is 0 Å². The molecule has 1 aromatic heterocycles. The van der Waals surface area contributed by atoms with Crippen molar-refractivity contribution in [2.45, 2.75) is 25.0 Å². The van der Waals surface area contributed by atoms with Crippen LogP contribution in [0.15, 0.2) is 60.9 Å². The van der Waals surface area contributed by atoms with Crippen LogP contribution in [0, 0.1) is 5.92 Å². The lowest BCUT2D eigenvalue weighted by molar-refractivity contribution is 0.0235. The zero-order valence-corrected chi connectivity index (χ0v) is 13.7. The smallest absolute Gasteiger partial charge is 0.251 e. The van der Waals surface area contributed by atoms with E-state index in [0.29, 0.717) is 23.9 Å². The van der Waals surface area contributed by atoms with Crippen LogP contribution in [0.1, 0.15) is 34.8 Å². The maximum atomic E-state index is 12.8. The number of carbonyl (C=O) groups excluding carboxylic acids is 1. The minimum Gasteiger partial charge on any atom is -0.393 e. The lowest BCUT2D eigenvalue weighted by Crippen LogP contribution is -2.41. The first-order valence-corrected chi connectivity index (χ1v) is 8.45. The molecule has 0 saturated heterocycles. The number of hydrogen-bond acceptors (Lipinski definition) is 4. The van der Waals surface area contributed by atoms with E-state index in [1.165, 1.54) is 0 Å². The summed E-state index contributed by atoms with van der Waals surface area (Å²) in [5.74, 6) is 0.115. The number of carbonyl (C=O) groups is 1. The zero-order valence-electron chi connectivity index (χ0n) is 13.7. The van der Waals surface area contributed by atoms with Gasteiger partial charge in [0, 0.05) is 18.0 Å². The normalized spacial score (nSPS) is 20.7. The van der Waals surface area contributed by atoms with Gasteiger partial charge in [-0.05, 0) is 42.5 Å². The van der Waals surface area contributed by atoms with Crippen LogP contribution in [0.4, 0.5) is 0 Å². The van der Waals surface area contributed by atoms with Crippen LogP contribution in [0.25, 0.3) is 11.0 Å². The summed E-state index contributed by atoms with van der Waals surface area (Å²) in [5, 5.41) is 12.8. The Morgan fingerprint density at radius 2 is 1.76 bits per heavy atom. The molecular formula is C20H19N3O2. The Bertz CT molecular complexity index is 892. The van der Waals surface area contributed by atoms with Gasteiger partial charge in [-0.2, -0.15) is 0 Å². The molecule has 2 aromatic carbocycles. The fourth-order valence-electron chi connectivity index (χ4n) is 3.36. The lowest BCUT2D eigenvalue weighted by Gasteiger charge is -2.38. The van der Waals surface area contributed by atoms with Crippen LogP contribution in [0.3, 0.4) is 0 Å². The van der Waals surface area contributed by atoms with Gasteiger partial charge < -0.3 is 10.4 Å². The molecule has 1 aliphatic carbocycles. The number of rotatable bonds is 4. The average molecular weight is 333 g/mol. The Labute approximate surface area is 145 Å². The molecule has 0 spiro atoms. The summed E-state index contributed by atoms with van der Waals surface area (Å²) in [7, 11) is 0. The van der Waals surface area contributed by atoms with E-state index in [4.69, 9.17) is 0 Å². The summed E-state index contributed by atoms with van der Waals surface area (Å²) in [6.07, 6.45) is 4.41. The van der Waals surface area contributed by atoms with E-state index in [1.54, 1.807) is 24.5 Å². The van der Waals surface area contributed by atoms with Gasteiger partial charge >= 0.3 is 0 Å². The zero-order chi connectivity index (χ0) is 17.2. The molecule has 1 aliphatic rings. The molecule has 25 heavy (non-hydrogen) atoms. The Kier molecular flexibility index (Phi) is 4.15. The molecule has 4 rings (SSSR count). The quantitative estimate of drug-likeness (QED) is 0.770. The Morgan fingerprint density at radius 1 is 1.04 bits per heavy atom. The van der Waals surface area contributed by atoms with Crippen molar-refractivity contribution in [2.24, 2.45) is 5.92 Å². The van der Waals surface area contributed by atoms with Gasteiger partial charge in [0.2, 0.25) is 0 Å². The number of benzene rings is 2. The minimum atomic E-state index is -0.260. The second-order valence-electron chi connectivity index (χ2n) is 6.51. The first-order valence-electron chi connectivity index (χ1n) is 8.45. The number of amides is 1. The van der Waals surface area contributed by atoms with Gasteiger partial charge in [-0.1, -0.05) is 30.3 Å². The van der Waals surface area contributed by atoms with Crippen LogP contribution in [0.5, 0.6) is 0 Å². The number of aliphatic hydroxyl groups excluding tert-OH is 1. The van der Waals surface area contributed by atoms with Crippen molar-refractivity contribution in [2.75, 3.05) is 0 Å². The molecule has 1 atom stereocenters. The summed E-state index contributed by atoms with van der Waals surface area (Å²) in [5.41, 5.74) is 3.09.